The van der Waals surface area contributed by atoms with E-state index in [1.165, 1.54) is 36.8 Å². The van der Waals surface area contributed by atoms with Crippen molar-refractivity contribution >= 4 is 0 Å². The Morgan fingerprint density at radius 3 is 2.59 bits per heavy atom. The van der Waals surface area contributed by atoms with Crippen LogP contribution in [0.25, 0.3) is 0 Å². The Labute approximate surface area is 104 Å². The lowest BCUT2D eigenvalue weighted by Crippen LogP contribution is -2.39. The maximum Gasteiger partial charge on any atom is 0.120 e. The van der Waals surface area contributed by atoms with Crippen molar-refractivity contribution in [2.45, 2.75) is 51.6 Å². The molecule has 1 aromatic carbocycles. The fourth-order valence-electron chi connectivity index (χ4n) is 2.32. The Morgan fingerprint density at radius 1 is 1.24 bits per heavy atom. The third-order valence-electron chi connectivity index (χ3n) is 3.86. The summed E-state index contributed by atoms with van der Waals surface area (Å²) in [7, 11) is 0. The van der Waals surface area contributed by atoms with E-state index in [2.05, 4.69) is 32.0 Å². The molecule has 2 heteroatoms. The van der Waals surface area contributed by atoms with Gasteiger partial charge in [0.15, 0.2) is 0 Å². The second-order valence-electron chi connectivity index (χ2n) is 5.25. The molecule has 0 aromatic heterocycles. The number of aryl methyl sites for hydroxylation is 2. The van der Waals surface area contributed by atoms with Crippen LogP contribution in [-0.4, -0.2) is 12.1 Å². The van der Waals surface area contributed by atoms with Gasteiger partial charge in [-0.25, -0.2) is 0 Å². The van der Waals surface area contributed by atoms with Gasteiger partial charge in [0, 0.05) is 6.54 Å². The lowest BCUT2D eigenvalue weighted by atomic mass is 9.91. The number of ether oxygens (including phenoxy) is 1. The number of rotatable bonds is 4. The highest BCUT2D eigenvalue weighted by Gasteiger charge is 2.22. The third-order valence-corrected chi connectivity index (χ3v) is 3.86. The van der Waals surface area contributed by atoms with Gasteiger partial charge in [0.25, 0.3) is 0 Å². The Balaban J connectivity index is 2.17. The lowest BCUT2D eigenvalue weighted by molar-refractivity contribution is 0.0934. The third kappa shape index (κ3) is 2.81. The van der Waals surface area contributed by atoms with Crippen LogP contribution in [0.2, 0.25) is 0 Å². The average molecular weight is 233 g/mol. The van der Waals surface area contributed by atoms with Gasteiger partial charge in [0.2, 0.25) is 0 Å². The summed E-state index contributed by atoms with van der Waals surface area (Å²) in [4.78, 5) is 0. The molecule has 0 radical (unpaired) electrons. The van der Waals surface area contributed by atoms with Crippen LogP contribution in [0.4, 0.5) is 0 Å². The topological polar surface area (TPSA) is 35.2 Å². The Kier molecular flexibility index (Phi) is 3.72. The molecule has 0 amide bonds. The molecular weight excluding hydrogens is 210 g/mol. The van der Waals surface area contributed by atoms with Crippen molar-refractivity contribution in [3.05, 3.63) is 29.3 Å². The minimum atomic E-state index is -0.233. The molecule has 2 N–H and O–H groups in total. The van der Waals surface area contributed by atoms with Gasteiger partial charge in [-0.2, -0.15) is 0 Å². The molecule has 94 valence electrons. The summed E-state index contributed by atoms with van der Waals surface area (Å²) in [5, 5.41) is 0. The van der Waals surface area contributed by atoms with Crippen molar-refractivity contribution in [3.63, 3.8) is 0 Å². The zero-order valence-electron chi connectivity index (χ0n) is 11.0. The van der Waals surface area contributed by atoms with E-state index >= 15 is 0 Å². The lowest BCUT2D eigenvalue weighted by Gasteiger charge is -2.29. The summed E-state index contributed by atoms with van der Waals surface area (Å²) >= 11 is 0. The average Bonchev–Trinajstić information content (AvgIpc) is 2.38. The van der Waals surface area contributed by atoms with Crippen LogP contribution in [0.5, 0.6) is 5.75 Å². The SMILES string of the molecule is CCC(C)(CN)Oc1ccc2c(c1)CCCC2. The smallest absolute Gasteiger partial charge is 0.120 e. The standard InChI is InChI=1S/C15H23NO/c1-3-15(2,11-16)17-14-9-8-12-6-4-5-7-13(12)10-14/h8-10H,3-7,11,16H2,1-2H3. The summed E-state index contributed by atoms with van der Waals surface area (Å²) in [6.45, 7) is 4.75. The minimum Gasteiger partial charge on any atom is -0.486 e. The minimum absolute atomic E-state index is 0.233. The second-order valence-corrected chi connectivity index (χ2v) is 5.25. The fraction of sp³-hybridized carbons (Fsp3) is 0.600. The van der Waals surface area contributed by atoms with Gasteiger partial charge < -0.3 is 10.5 Å². The van der Waals surface area contributed by atoms with E-state index in [1.54, 1.807) is 0 Å². The second kappa shape index (κ2) is 5.09. The van der Waals surface area contributed by atoms with Gasteiger partial charge in [-0.1, -0.05) is 13.0 Å². The van der Waals surface area contributed by atoms with Crippen LogP contribution in [0, 0.1) is 0 Å². The maximum atomic E-state index is 6.04. The molecule has 0 aliphatic heterocycles. The van der Waals surface area contributed by atoms with E-state index in [-0.39, 0.29) is 5.60 Å². The van der Waals surface area contributed by atoms with E-state index in [9.17, 15) is 0 Å². The highest BCUT2D eigenvalue weighted by molar-refractivity contribution is 5.37. The fourth-order valence-corrected chi connectivity index (χ4v) is 2.32. The van der Waals surface area contributed by atoms with Crippen molar-refractivity contribution in [1.29, 1.82) is 0 Å². The molecule has 0 fully saturated rings. The van der Waals surface area contributed by atoms with E-state index in [4.69, 9.17) is 10.5 Å². The molecule has 0 saturated heterocycles. The molecule has 1 aromatic rings. The van der Waals surface area contributed by atoms with Crippen molar-refractivity contribution in [1.82, 2.24) is 0 Å². The molecule has 0 bridgehead atoms. The molecule has 1 atom stereocenters. The first-order valence-electron chi connectivity index (χ1n) is 6.68. The van der Waals surface area contributed by atoms with E-state index < -0.39 is 0 Å². The van der Waals surface area contributed by atoms with Crippen molar-refractivity contribution in [2.24, 2.45) is 5.73 Å². The first-order chi connectivity index (χ1) is 8.17. The van der Waals surface area contributed by atoms with Crippen LogP contribution in [0.15, 0.2) is 18.2 Å². The summed E-state index contributed by atoms with van der Waals surface area (Å²) < 4.78 is 6.04. The summed E-state index contributed by atoms with van der Waals surface area (Å²) in [5.74, 6) is 0.973. The Morgan fingerprint density at radius 2 is 1.94 bits per heavy atom. The van der Waals surface area contributed by atoms with Crippen LogP contribution in [-0.2, 0) is 12.8 Å². The zero-order chi connectivity index (χ0) is 12.3. The monoisotopic (exact) mass is 233 g/mol. The molecule has 1 aliphatic carbocycles. The number of hydrogen-bond donors (Lipinski definition) is 1. The molecule has 1 unspecified atom stereocenters. The molecule has 17 heavy (non-hydrogen) atoms. The summed E-state index contributed by atoms with van der Waals surface area (Å²) in [5.41, 5.74) is 8.50. The van der Waals surface area contributed by atoms with Crippen molar-refractivity contribution < 1.29 is 4.74 Å². The van der Waals surface area contributed by atoms with Crippen LogP contribution in [0.3, 0.4) is 0 Å². The summed E-state index contributed by atoms with van der Waals surface area (Å²) in [6.07, 6.45) is 5.97. The number of nitrogens with two attached hydrogens (primary N) is 1. The van der Waals surface area contributed by atoms with Gasteiger partial charge in [0.1, 0.15) is 11.4 Å². The van der Waals surface area contributed by atoms with Gasteiger partial charge in [-0.05, 0) is 62.3 Å². The largest absolute Gasteiger partial charge is 0.486 e. The van der Waals surface area contributed by atoms with E-state index in [1.807, 2.05) is 0 Å². The quantitative estimate of drug-likeness (QED) is 0.867. The zero-order valence-corrected chi connectivity index (χ0v) is 11.0. The van der Waals surface area contributed by atoms with Crippen molar-refractivity contribution in [2.75, 3.05) is 6.54 Å². The van der Waals surface area contributed by atoms with Crippen LogP contribution >= 0.6 is 0 Å². The first-order valence-corrected chi connectivity index (χ1v) is 6.68. The molecule has 0 heterocycles. The molecule has 2 nitrogen and oxygen atoms in total. The highest BCUT2D eigenvalue weighted by atomic mass is 16.5. The predicted octanol–water partition coefficient (Wildman–Crippen LogP) is 3.07. The maximum absolute atomic E-state index is 6.04. The Bertz CT molecular complexity index is 383. The Hall–Kier alpha value is -1.02. The van der Waals surface area contributed by atoms with Crippen LogP contribution < -0.4 is 10.5 Å². The van der Waals surface area contributed by atoms with Gasteiger partial charge in [0.05, 0.1) is 0 Å². The number of fused-ring (bicyclic) bond motifs is 1. The van der Waals surface area contributed by atoms with E-state index in [0.29, 0.717) is 6.54 Å². The van der Waals surface area contributed by atoms with E-state index in [0.717, 1.165) is 12.2 Å². The number of benzene rings is 1. The normalized spacial score (nSPS) is 18.3. The molecule has 2 rings (SSSR count). The van der Waals surface area contributed by atoms with Gasteiger partial charge in [-0.3, -0.25) is 0 Å². The summed E-state index contributed by atoms with van der Waals surface area (Å²) in [6, 6.07) is 6.52. The molecule has 0 saturated carbocycles. The predicted molar refractivity (Wildman–Crippen MR) is 71.5 cm³/mol. The molecular formula is C15H23NO. The van der Waals surface area contributed by atoms with Gasteiger partial charge >= 0.3 is 0 Å². The first kappa shape index (κ1) is 12.4. The van der Waals surface area contributed by atoms with Crippen molar-refractivity contribution in [3.8, 4) is 5.75 Å². The molecule has 0 spiro atoms. The van der Waals surface area contributed by atoms with Crippen LogP contribution in [0.1, 0.15) is 44.2 Å². The van der Waals surface area contributed by atoms with Gasteiger partial charge in [-0.15, -0.1) is 0 Å². The molecule has 1 aliphatic rings. The highest BCUT2D eigenvalue weighted by Crippen LogP contribution is 2.27. The number of hydrogen-bond acceptors (Lipinski definition) is 2.